The number of ether oxygens (including phenoxy) is 1. The van der Waals surface area contributed by atoms with Crippen molar-refractivity contribution in [3.8, 4) is 5.75 Å². The van der Waals surface area contributed by atoms with Crippen LogP contribution < -0.4 is 15.6 Å². The highest BCUT2D eigenvalue weighted by atomic mass is 32.2. The Morgan fingerprint density at radius 1 is 1.13 bits per heavy atom. The lowest BCUT2D eigenvalue weighted by Gasteiger charge is -2.14. The number of nitrogens with one attached hydrogen (secondary N) is 1. The maximum Gasteiger partial charge on any atom is 0.501 e. The third kappa shape index (κ3) is 4.75. The van der Waals surface area contributed by atoms with Crippen molar-refractivity contribution < 1.29 is 44.3 Å². The zero-order chi connectivity index (χ0) is 22.9. The highest BCUT2D eigenvalue weighted by Gasteiger charge is 2.47. The van der Waals surface area contributed by atoms with E-state index in [1.807, 2.05) is 5.32 Å². The van der Waals surface area contributed by atoms with Crippen molar-refractivity contribution in [1.29, 1.82) is 0 Å². The summed E-state index contributed by atoms with van der Waals surface area (Å²) < 4.78 is 105. The van der Waals surface area contributed by atoms with Gasteiger partial charge in [0.1, 0.15) is 17.9 Å². The van der Waals surface area contributed by atoms with Gasteiger partial charge in [0.05, 0.1) is 17.7 Å². The van der Waals surface area contributed by atoms with E-state index in [9.17, 15) is 44.3 Å². The van der Waals surface area contributed by atoms with Crippen LogP contribution in [-0.4, -0.2) is 31.5 Å². The largest absolute Gasteiger partial charge is 0.501 e. The summed E-state index contributed by atoms with van der Waals surface area (Å²) in [6.07, 6.45) is -4.06. The number of carbonyl (C=O) groups excluding carboxylic acids is 1. The Morgan fingerprint density at radius 2 is 1.77 bits per heavy atom. The molecule has 0 fully saturated rings. The van der Waals surface area contributed by atoms with E-state index in [4.69, 9.17) is 4.74 Å². The van der Waals surface area contributed by atoms with E-state index < -0.39 is 55.7 Å². The number of anilines is 1. The Labute approximate surface area is 164 Å². The molecule has 0 spiro atoms. The molecule has 0 radical (unpaired) electrons. The van der Waals surface area contributed by atoms with Crippen molar-refractivity contribution in [3.05, 3.63) is 52.4 Å². The predicted molar refractivity (Wildman–Crippen MR) is 90.6 cm³/mol. The first-order chi connectivity index (χ1) is 13.7. The van der Waals surface area contributed by atoms with E-state index in [2.05, 4.69) is 0 Å². The van der Waals surface area contributed by atoms with Gasteiger partial charge in [0, 0.05) is 6.20 Å². The summed E-state index contributed by atoms with van der Waals surface area (Å²) in [5.41, 5.74) is -9.13. The zero-order valence-electron chi connectivity index (χ0n) is 14.8. The van der Waals surface area contributed by atoms with Crippen molar-refractivity contribution >= 4 is 21.4 Å². The quantitative estimate of drug-likeness (QED) is 0.696. The first-order valence-corrected chi connectivity index (χ1v) is 9.22. The fourth-order valence-corrected chi connectivity index (χ4v) is 3.09. The smallest absolute Gasteiger partial charge is 0.495 e. The van der Waals surface area contributed by atoms with Crippen LogP contribution in [0.2, 0.25) is 0 Å². The summed E-state index contributed by atoms with van der Waals surface area (Å²) in [6.45, 7) is -0.928. The van der Waals surface area contributed by atoms with Gasteiger partial charge in [-0.2, -0.15) is 26.3 Å². The fourth-order valence-electron chi connectivity index (χ4n) is 2.31. The van der Waals surface area contributed by atoms with Gasteiger partial charge in [-0.3, -0.25) is 9.59 Å². The lowest BCUT2D eigenvalue weighted by Crippen LogP contribution is -2.32. The monoisotopic (exact) mass is 458 g/mol. The number of hydrogen-bond donors (Lipinski definition) is 1. The topological polar surface area (TPSA) is 94.5 Å². The van der Waals surface area contributed by atoms with E-state index in [1.54, 1.807) is 0 Å². The van der Waals surface area contributed by atoms with Crippen LogP contribution in [0.25, 0.3) is 0 Å². The first-order valence-electron chi connectivity index (χ1n) is 7.74. The van der Waals surface area contributed by atoms with E-state index in [-0.39, 0.29) is 5.75 Å². The second kappa shape index (κ2) is 8.01. The maximum atomic E-state index is 12.8. The van der Waals surface area contributed by atoms with E-state index in [1.165, 1.54) is 0 Å². The molecule has 0 aliphatic carbocycles. The molecule has 1 heterocycles. The molecule has 1 aromatic heterocycles. The number of nitrogens with zero attached hydrogens (tertiary/aromatic N) is 1. The van der Waals surface area contributed by atoms with Gasteiger partial charge in [-0.25, -0.2) is 8.42 Å². The van der Waals surface area contributed by atoms with Crippen molar-refractivity contribution in [2.45, 2.75) is 23.1 Å². The van der Waals surface area contributed by atoms with Crippen LogP contribution in [0, 0.1) is 0 Å². The number of hydrogen-bond acceptors (Lipinski definition) is 5. The van der Waals surface area contributed by atoms with Gasteiger partial charge in [0.2, 0.25) is 5.91 Å². The normalized spacial score (nSPS) is 12.5. The number of halogens is 6. The molecular formula is C16H12F6N2O5S. The minimum atomic E-state index is -5.73. The number of methoxy groups -OCH3 is 1. The average Bonchev–Trinajstić information content (AvgIpc) is 2.61. The number of aromatic nitrogens is 1. The van der Waals surface area contributed by atoms with Gasteiger partial charge in [-0.1, -0.05) is 0 Å². The van der Waals surface area contributed by atoms with E-state index >= 15 is 0 Å². The van der Waals surface area contributed by atoms with Gasteiger partial charge in [0.25, 0.3) is 15.4 Å². The number of rotatable bonds is 5. The lowest BCUT2D eigenvalue weighted by atomic mass is 10.2. The molecule has 0 aliphatic heterocycles. The number of benzene rings is 1. The average molecular weight is 458 g/mol. The Hall–Kier alpha value is -3.03. The number of sulfone groups is 1. The summed E-state index contributed by atoms with van der Waals surface area (Å²) in [7, 11) is -4.65. The molecule has 0 unspecified atom stereocenters. The molecule has 1 aromatic carbocycles. The second-order valence-electron chi connectivity index (χ2n) is 5.71. The lowest BCUT2D eigenvalue weighted by molar-refractivity contribution is -0.139. The highest BCUT2D eigenvalue weighted by molar-refractivity contribution is 7.92. The Bertz CT molecular complexity index is 1120. The van der Waals surface area contributed by atoms with Crippen LogP contribution in [-0.2, 0) is 27.4 Å². The summed E-state index contributed by atoms with van der Waals surface area (Å²) in [5, 5.41) is 2.02. The molecule has 14 heteroatoms. The molecule has 0 saturated carbocycles. The van der Waals surface area contributed by atoms with Crippen LogP contribution in [0.15, 0.2) is 46.2 Å². The van der Waals surface area contributed by atoms with Gasteiger partial charge in [0.15, 0.2) is 0 Å². The molecular weight excluding hydrogens is 446 g/mol. The summed E-state index contributed by atoms with van der Waals surface area (Å²) >= 11 is 0. The minimum Gasteiger partial charge on any atom is -0.495 e. The van der Waals surface area contributed by atoms with Crippen LogP contribution in [0.5, 0.6) is 5.75 Å². The Kier molecular flexibility index (Phi) is 6.21. The van der Waals surface area contributed by atoms with Crippen molar-refractivity contribution in [2.24, 2.45) is 0 Å². The van der Waals surface area contributed by atoms with Gasteiger partial charge >= 0.3 is 11.7 Å². The molecule has 7 nitrogen and oxygen atoms in total. The number of amides is 1. The molecule has 1 amide bonds. The van der Waals surface area contributed by atoms with Crippen LogP contribution in [0.4, 0.5) is 32.0 Å². The minimum absolute atomic E-state index is 0.221. The molecule has 2 aromatic rings. The number of alkyl halides is 6. The molecule has 164 valence electrons. The fraction of sp³-hybridized carbons (Fsp3) is 0.250. The number of pyridine rings is 1. The predicted octanol–water partition coefficient (Wildman–Crippen LogP) is 2.81. The van der Waals surface area contributed by atoms with Crippen molar-refractivity contribution in [3.63, 3.8) is 0 Å². The molecule has 0 atom stereocenters. The third-order valence-corrected chi connectivity index (χ3v) is 5.18. The van der Waals surface area contributed by atoms with Gasteiger partial charge in [-0.15, -0.1) is 0 Å². The molecule has 0 aliphatic rings. The Balaban J connectivity index is 2.36. The number of carbonyl (C=O) groups is 1. The highest BCUT2D eigenvalue weighted by Crippen LogP contribution is 2.34. The molecule has 0 saturated heterocycles. The SMILES string of the molecule is COc1ccc(S(=O)(=O)C(F)(F)F)cc1NC(=O)Cn1cccc(C(F)(F)F)c1=O. The molecule has 2 rings (SSSR count). The maximum absolute atomic E-state index is 12.8. The standard InChI is InChI=1S/C16H12F6N2O5S/c1-29-12-5-4-9(30(27,28)16(20,21)22)7-11(12)23-13(25)8-24-6-2-3-10(14(24)26)15(17,18)19/h2-7H,8H2,1H3,(H,23,25). The summed E-state index contributed by atoms with van der Waals surface area (Å²) in [6, 6.07) is 3.34. The summed E-state index contributed by atoms with van der Waals surface area (Å²) in [4.78, 5) is 22.8. The van der Waals surface area contributed by atoms with Crippen molar-refractivity contribution in [1.82, 2.24) is 4.57 Å². The summed E-state index contributed by atoms with van der Waals surface area (Å²) in [5.74, 6) is -1.34. The van der Waals surface area contributed by atoms with Crippen molar-refractivity contribution in [2.75, 3.05) is 12.4 Å². The van der Waals surface area contributed by atoms with Gasteiger partial charge in [-0.05, 0) is 30.3 Å². The van der Waals surface area contributed by atoms with Crippen LogP contribution in [0.1, 0.15) is 5.56 Å². The third-order valence-electron chi connectivity index (χ3n) is 3.70. The molecule has 1 N–H and O–H groups in total. The Morgan fingerprint density at radius 3 is 2.30 bits per heavy atom. The first kappa shape index (κ1) is 23.3. The second-order valence-corrected chi connectivity index (χ2v) is 7.65. The molecule has 30 heavy (non-hydrogen) atoms. The van der Waals surface area contributed by atoms with Crippen LogP contribution in [0.3, 0.4) is 0 Å². The molecule has 0 bridgehead atoms. The van der Waals surface area contributed by atoms with E-state index in [0.717, 1.165) is 25.4 Å². The zero-order valence-corrected chi connectivity index (χ0v) is 15.7. The van der Waals surface area contributed by atoms with E-state index in [0.29, 0.717) is 22.8 Å². The van der Waals surface area contributed by atoms with Crippen LogP contribution >= 0.6 is 0 Å². The van der Waals surface area contributed by atoms with Gasteiger partial charge < -0.3 is 14.6 Å².